The van der Waals surface area contributed by atoms with Gasteiger partial charge >= 0.3 is 0 Å². The van der Waals surface area contributed by atoms with Crippen molar-refractivity contribution in [1.29, 1.82) is 0 Å². The van der Waals surface area contributed by atoms with Crippen LogP contribution in [0.3, 0.4) is 0 Å². The van der Waals surface area contributed by atoms with Crippen LogP contribution < -0.4 is 10.6 Å². The third kappa shape index (κ3) is 4.93. The van der Waals surface area contributed by atoms with Gasteiger partial charge in [-0.2, -0.15) is 0 Å². The zero-order valence-corrected chi connectivity index (χ0v) is 14.0. The van der Waals surface area contributed by atoms with Crippen LogP contribution in [0.1, 0.15) is 32.7 Å². The van der Waals surface area contributed by atoms with E-state index in [1.54, 1.807) is 31.4 Å². The number of hydrogen-bond acceptors (Lipinski definition) is 3. The number of benzene rings is 2. The average molecular weight is 326 g/mol. The molecule has 0 bridgehead atoms. The normalized spacial score (nSPS) is 10.2. The van der Waals surface area contributed by atoms with Crippen molar-refractivity contribution < 1.29 is 14.3 Å². The zero-order chi connectivity index (χ0) is 17.4. The van der Waals surface area contributed by atoms with Gasteiger partial charge in [-0.25, -0.2) is 0 Å². The molecule has 0 aliphatic heterocycles. The van der Waals surface area contributed by atoms with E-state index in [4.69, 9.17) is 4.74 Å². The van der Waals surface area contributed by atoms with Crippen molar-refractivity contribution in [2.75, 3.05) is 25.6 Å². The van der Waals surface area contributed by atoms with Gasteiger partial charge in [0.1, 0.15) is 0 Å². The van der Waals surface area contributed by atoms with Gasteiger partial charge in [-0.15, -0.1) is 0 Å². The number of nitrogens with one attached hydrogen (secondary N) is 2. The van der Waals surface area contributed by atoms with Crippen molar-refractivity contribution in [2.24, 2.45) is 0 Å². The Morgan fingerprint density at radius 1 is 1.00 bits per heavy atom. The van der Waals surface area contributed by atoms with Crippen molar-refractivity contribution in [3.63, 3.8) is 0 Å². The number of methoxy groups -OCH3 is 1. The standard InChI is InChI=1S/C19H22N2O3/c1-14-7-3-4-10-17(14)21-19(23)16-9-5-8-15(13-16)18(22)20-11-6-12-24-2/h3-5,7-10,13H,6,11-12H2,1-2H3,(H,20,22)(H,21,23). The van der Waals surface area contributed by atoms with Crippen molar-refractivity contribution in [2.45, 2.75) is 13.3 Å². The van der Waals surface area contributed by atoms with Crippen LogP contribution in [0.25, 0.3) is 0 Å². The van der Waals surface area contributed by atoms with E-state index >= 15 is 0 Å². The van der Waals surface area contributed by atoms with Crippen LogP contribution in [0.2, 0.25) is 0 Å². The zero-order valence-electron chi connectivity index (χ0n) is 14.0. The molecule has 0 fully saturated rings. The molecular formula is C19H22N2O3. The molecule has 0 spiro atoms. The van der Waals surface area contributed by atoms with E-state index in [0.717, 1.165) is 17.7 Å². The van der Waals surface area contributed by atoms with E-state index in [2.05, 4.69) is 10.6 Å². The molecule has 24 heavy (non-hydrogen) atoms. The van der Waals surface area contributed by atoms with Crippen molar-refractivity contribution in [1.82, 2.24) is 5.32 Å². The fraction of sp³-hybridized carbons (Fsp3) is 0.263. The predicted octanol–water partition coefficient (Wildman–Crippen LogP) is 3.01. The number of amides is 2. The summed E-state index contributed by atoms with van der Waals surface area (Å²) in [6, 6.07) is 14.2. The minimum Gasteiger partial charge on any atom is -0.385 e. The highest BCUT2D eigenvalue weighted by atomic mass is 16.5. The smallest absolute Gasteiger partial charge is 0.255 e. The molecule has 0 unspecified atom stereocenters. The fourth-order valence-corrected chi connectivity index (χ4v) is 2.23. The molecule has 5 heteroatoms. The number of carbonyl (C=O) groups excluding carboxylic acids is 2. The van der Waals surface area contributed by atoms with Crippen LogP contribution >= 0.6 is 0 Å². The van der Waals surface area contributed by atoms with Crippen LogP contribution in [0, 0.1) is 6.92 Å². The lowest BCUT2D eigenvalue weighted by atomic mass is 10.1. The molecule has 126 valence electrons. The van der Waals surface area contributed by atoms with Gasteiger partial charge in [-0.05, 0) is 43.2 Å². The Kier molecular flexibility index (Phi) is 6.51. The highest BCUT2D eigenvalue weighted by molar-refractivity contribution is 6.06. The van der Waals surface area contributed by atoms with Crippen LogP contribution in [-0.2, 0) is 4.74 Å². The van der Waals surface area contributed by atoms with E-state index in [0.29, 0.717) is 24.3 Å². The number of rotatable bonds is 7. The average Bonchev–Trinajstić information content (AvgIpc) is 2.60. The van der Waals surface area contributed by atoms with Crippen LogP contribution in [0.15, 0.2) is 48.5 Å². The second-order valence-electron chi connectivity index (χ2n) is 5.45. The number of para-hydroxylation sites is 1. The van der Waals surface area contributed by atoms with Gasteiger partial charge < -0.3 is 15.4 Å². The molecular weight excluding hydrogens is 304 g/mol. The third-order valence-electron chi connectivity index (χ3n) is 3.59. The first-order valence-electron chi connectivity index (χ1n) is 7.86. The molecule has 2 amide bonds. The number of hydrogen-bond donors (Lipinski definition) is 2. The molecule has 2 aromatic rings. The second-order valence-corrected chi connectivity index (χ2v) is 5.45. The number of ether oxygens (including phenoxy) is 1. The van der Waals surface area contributed by atoms with Gasteiger partial charge in [0.15, 0.2) is 0 Å². The minimum atomic E-state index is -0.238. The summed E-state index contributed by atoms with van der Waals surface area (Å²) in [7, 11) is 1.62. The van der Waals surface area contributed by atoms with Crippen molar-refractivity contribution >= 4 is 17.5 Å². The summed E-state index contributed by atoms with van der Waals surface area (Å²) in [5, 5.41) is 5.67. The Labute approximate surface area is 142 Å². The molecule has 0 radical (unpaired) electrons. The monoisotopic (exact) mass is 326 g/mol. The Bertz CT molecular complexity index is 713. The lowest BCUT2D eigenvalue weighted by Gasteiger charge is -2.09. The summed E-state index contributed by atoms with van der Waals surface area (Å²) in [5.41, 5.74) is 2.66. The van der Waals surface area contributed by atoms with Crippen LogP contribution in [0.4, 0.5) is 5.69 Å². The highest BCUT2D eigenvalue weighted by Crippen LogP contribution is 2.15. The Balaban J connectivity index is 2.02. The third-order valence-corrected chi connectivity index (χ3v) is 3.59. The molecule has 2 N–H and O–H groups in total. The molecule has 0 aliphatic rings. The van der Waals surface area contributed by atoms with Crippen molar-refractivity contribution in [3.8, 4) is 0 Å². The molecule has 2 rings (SSSR count). The Morgan fingerprint density at radius 3 is 2.42 bits per heavy atom. The van der Waals surface area contributed by atoms with Gasteiger partial charge in [0.2, 0.25) is 0 Å². The van der Waals surface area contributed by atoms with E-state index in [1.807, 2.05) is 31.2 Å². The maximum Gasteiger partial charge on any atom is 0.255 e. The first kappa shape index (κ1) is 17.7. The lowest BCUT2D eigenvalue weighted by molar-refractivity contribution is 0.0948. The van der Waals surface area contributed by atoms with Gasteiger partial charge in [0.05, 0.1) is 0 Å². The van der Waals surface area contributed by atoms with Crippen LogP contribution in [-0.4, -0.2) is 32.1 Å². The minimum absolute atomic E-state index is 0.198. The van der Waals surface area contributed by atoms with Gasteiger partial charge in [-0.1, -0.05) is 24.3 Å². The number of anilines is 1. The highest BCUT2D eigenvalue weighted by Gasteiger charge is 2.11. The summed E-state index contributed by atoms with van der Waals surface area (Å²) in [5.74, 6) is -0.435. The Morgan fingerprint density at radius 2 is 1.71 bits per heavy atom. The topological polar surface area (TPSA) is 67.4 Å². The molecule has 5 nitrogen and oxygen atoms in total. The van der Waals surface area contributed by atoms with Gasteiger partial charge in [-0.3, -0.25) is 9.59 Å². The first-order valence-corrected chi connectivity index (χ1v) is 7.86. The van der Waals surface area contributed by atoms with Crippen molar-refractivity contribution in [3.05, 3.63) is 65.2 Å². The number of carbonyl (C=O) groups is 2. The summed E-state index contributed by atoms with van der Waals surface area (Å²) in [6.45, 7) is 3.06. The molecule has 0 atom stereocenters. The maximum atomic E-state index is 12.4. The Hall–Kier alpha value is -2.66. The SMILES string of the molecule is COCCCNC(=O)c1cccc(C(=O)Nc2ccccc2C)c1. The summed E-state index contributed by atoms with van der Waals surface area (Å²) in [6.07, 6.45) is 0.746. The molecule has 0 aromatic heterocycles. The summed E-state index contributed by atoms with van der Waals surface area (Å²) < 4.78 is 4.94. The fourth-order valence-electron chi connectivity index (χ4n) is 2.23. The molecule has 0 aliphatic carbocycles. The summed E-state index contributed by atoms with van der Waals surface area (Å²) >= 11 is 0. The summed E-state index contributed by atoms with van der Waals surface area (Å²) in [4.78, 5) is 24.5. The quantitative estimate of drug-likeness (QED) is 0.769. The maximum absolute atomic E-state index is 12.4. The predicted molar refractivity (Wildman–Crippen MR) is 94.4 cm³/mol. The van der Waals surface area contributed by atoms with Gasteiger partial charge in [0.25, 0.3) is 11.8 Å². The largest absolute Gasteiger partial charge is 0.385 e. The molecule has 0 saturated heterocycles. The molecule has 2 aromatic carbocycles. The van der Waals surface area contributed by atoms with E-state index in [9.17, 15) is 9.59 Å². The lowest BCUT2D eigenvalue weighted by Crippen LogP contribution is -2.25. The molecule has 0 saturated carbocycles. The first-order chi connectivity index (χ1) is 11.6. The van der Waals surface area contributed by atoms with Crippen LogP contribution in [0.5, 0.6) is 0 Å². The van der Waals surface area contributed by atoms with Gasteiger partial charge in [0, 0.05) is 37.1 Å². The molecule has 0 heterocycles. The second kappa shape index (κ2) is 8.84. The van der Waals surface area contributed by atoms with E-state index < -0.39 is 0 Å². The number of aryl methyl sites for hydroxylation is 1. The van der Waals surface area contributed by atoms with E-state index in [1.165, 1.54) is 0 Å². The van der Waals surface area contributed by atoms with E-state index in [-0.39, 0.29) is 11.8 Å².